The molecular formula is C35H39N3O3. The van der Waals surface area contributed by atoms with Crippen molar-refractivity contribution >= 4 is 22.7 Å². The second kappa shape index (κ2) is 11.4. The summed E-state index contributed by atoms with van der Waals surface area (Å²) in [4.78, 5) is 31.2. The molecule has 6 nitrogen and oxygen atoms in total. The maximum Gasteiger partial charge on any atom is 0.272 e. The van der Waals surface area contributed by atoms with Gasteiger partial charge in [-0.2, -0.15) is 0 Å². The van der Waals surface area contributed by atoms with Crippen LogP contribution < -0.4 is 10.1 Å². The van der Waals surface area contributed by atoms with Gasteiger partial charge in [0.1, 0.15) is 11.4 Å². The van der Waals surface area contributed by atoms with Crippen molar-refractivity contribution in [2.24, 2.45) is 0 Å². The van der Waals surface area contributed by atoms with Crippen molar-refractivity contribution < 1.29 is 14.3 Å². The van der Waals surface area contributed by atoms with E-state index in [0.717, 1.165) is 59.0 Å². The molecule has 6 rings (SSSR count). The molecule has 41 heavy (non-hydrogen) atoms. The van der Waals surface area contributed by atoms with E-state index in [9.17, 15) is 9.59 Å². The van der Waals surface area contributed by atoms with Gasteiger partial charge in [-0.25, -0.2) is 0 Å². The molecule has 2 amide bonds. The number of nitrogens with one attached hydrogen (secondary N) is 1. The minimum absolute atomic E-state index is 0.101. The molecule has 1 aliphatic carbocycles. The van der Waals surface area contributed by atoms with Crippen molar-refractivity contribution in [2.45, 2.75) is 76.5 Å². The molecule has 1 fully saturated rings. The van der Waals surface area contributed by atoms with Crippen LogP contribution in [0.4, 0.5) is 0 Å². The van der Waals surface area contributed by atoms with Gasteiger partial charge in [-0.05, 0) is 60.7 Å². The van der Waals surface area contributed by atoms with Crippen LogP contribution in [0.15, 0.2) is 78.9 Å². The standard InChI is InChI=1S/C35H39N3O3/c1-25-15-18-27-22-32-33(39)38(23-26-16-19-30(41-2)20-17-26)35(24-37(32)31(27)21-25,28-11-7-6-8-12-28)34(40)36-29-13-9-4-3-5-10-14-29/h6-8,11-12,15-22,29H,3-5,9-10,13-14,23-24H2,1-2H3,(H,36,40)/t35-/m1/s1. The molecule has 2 heterocycles. The first kappa shape index (κ1) is 27.1. The Morgan fingerprint density at radius 3 is 2.34 bits per heavy atom. The van der Waals surface area contributed by atoms with Gasteiger partial charge in [0.2, 0.25) is 0 Å². The molecule has 1 aromatic heterocycles. The van der Waals surface area contributed by atoms with E-state index in [1.54, 1.807) is 7.11 Å². The number of hydrogen-bond acceptors (Lipinski definition) is 3. The van der Waals surface area contributed by atoms with Crippen molar-refractivity contribution in [3.05, 3.63) is 101 Å². The number of nitrogens with zero attached hydrogens (tertiary/aromatic N) is 2. The Bertz CT molecular complexity index is 1530. The number of rotatable bonds is 6. The lowest BCUT2D eigenvalue weighted by Crippen LogP contribution is -2.64. The summed E-state index contributed by atoms with van der Waals surface area (Å²) < 4.78 is 7.44. The minimum Gasteiger partial charge on any atom is -0.497 e. The van der Waals surface area contributed by atoms with Gasteiger partial charge < -0.3 is 19.5 Å². The molecule has 0 saturated heterocycles. The summed E-state index contributed by atoms with van der Waals surface area (Å²) in [6, 6.07) is 26.0. The van der Waals surface area contributed by atoms with Gasteiger partial charge in [-0.1, -0.05) is 86.7 Å². The van der Waals surface area contributed by atoms with Crippen molar-refractivity contribution in [3.63, 3.8) is 0 Å². The number of hydrogen-bond donors (Lipinski definition) is 1. The molecule has 0 bridgehead atoms. The average Bonchev–Trinajstić information content (AvgIpc) is 3.34. The molecule has 3 aromatic carbocycles. The molecule has 1 saturated carbocycles. The number of benzene rings is 3. The predicted molar refractivity (Wildman–Crippen MR) is 162 cm³/mol. The van der Waals surface area contributed by atoms with Crippen LogP contribution in [0.5, 0.6) is 5.75 Å². The fourth-order valence-electron chi connectivity index (χ4n) is 6.65. The molecule has 6 heteroatoms. The van der Waals surface area contributed by atoms with E-state index >= 15 is 0 Å². The summed E-state index contributed by atoms with van der Waals surface area (Å²) in [6.45, 7) is 2.71. The van der Waals surface area contributed by atoms with Crippen LogP contribution >= 0.6 is 0 Å². The van der Waals surface area contributed by atoms with Crippen molar-refractivity contribution in [1.82, 2.24) is 14.8 Å². The van der Waals surface area contributed by atoms with Gasteiger partial charge in [0, 0.05) is 23.5 Å². The third kappa shape index (κ3) is 5.12. The first-order chi connectivity index (χ1) is 20.0. The molecule has 4 aromatic rings. The lowest BCUT2D eigenvalue weighted by Gasteiger charge is -2.47. The van der Waals surface area contributed by atoms with Crippen LogP contribution in [0.3, 0.4) is 0 Å². The first-order valence-electron chi connectivity index (χ1n) is 14.9. The summed E-state index contributed by atoms with van der Waals surface area (Å²) in [6.07, 6.45) is 7.85. The molecule has 0 unspecified atom stereocenters. The molecular weight excluding hydrogens is 510 g/mol. The van der Waals surface area contributed by atoms with Crippen molar-refractivity contribution in [2.75, 3.05) is 7.11 Å². The minimum atomic E-state index is -1.22. The fraction of sp³-hybridized carbons (Fsp3) is 0.371. The van der Waals surface area contributed by atoms with E-state index in [-0.39, 0.29) is 17.9 Å². The second-order valence-electron chi connectivity index (χ2n) is 11.7. The lowest BCUT2D eigenvalue weighted by atomic mass is 9.83. The molecule has 0 radical (unpaired) electrons. The molecule has 212 valence electrons. The largest absolute Gasteiger partial charge is 0.497 e. The summed E-state index contributed by atoms with van der Waals surface area (Å²) in [5, 5.41) is 4.47. The summed E-state index contributed by atoms with van der Waals surface area (Å²) in [7, 11) is 1.64. The van der Waals surface area contributed by atoms with Crippen molar-refractivity contribution in [1.29, 1.82) is 0 Å². The van der Waals surface area contributed by atoms with Gasteiger partial charge in [0.25, 0.3) is 11.8 Å². The zero-order chi connectivity index (χ0) is 28.4. The van der Waals surface area contributed by atoms with E-state index < -0.39 is 5.54 Å². The Hall–Kier alpha value is -4.06. The molecule has 1 atom stereocenters. The highest BCUT2D eigenvalue weighted by Gasteiger charge is 2.52. The highest BCUT2D eigenvalue weighted by Crippen LogP contribution is 2.41. The molecule has 1 aliphatic heterocycles. The number of amides is 2. The highest BCUT2D eigenvalue weighted by molar-refractivity contribution is 6.04. The number of fused-ring (bicyclic) bond motifs is 3. The monoisotopic (exact) mass is 549 g/mol. The molecule has 1 N–H and O–H groups in total. The maximum absolute atomic E-state index is 14.8. The summed E-state index contributed by atoms with van der Waals surface area (Å²) in [5.74, 6) is 0.513. The van der Waals surface area contributed by atoms with Crippen LogP contribution in [0.1, 0.15) is 72.1 Å². The van der Waals surface area contributed by atoms with Crippen molar-refractivity contribution in [3.8, 4) is 5.75 Å². The lowest BCUT2D eigenvalue weighted by molar-refractivity contribution is -0.136. The van der Waals surface area contributed by atoms with Crippen LogP contribution in [-0.4, -0.2) is 34.4 Å². The van der Waals surface area contributed by atoms with E-state index in [1.807, 2.05) is 65.6 Å². The predicted octanol–water partition coefficient (Wildman–Crippen LogP) is 6.74. The Balaban J connectivity index is 1.51. The first-order valence-corrected chi connectivity index (χ1v) is 14.9. The van der Waals surface area contributed by atoms with Gasteiger partial charge in [-0.15, -0.1) is 0 Å². The maximum atomic E-state index is 14.8. The summed E-state index contributed by atoms with van der Waals surface area (Å²) >= 11 is 0. The van der Waals surface area contributed by atoms with E-state index in [1.165, 1.54) is 19.3 Å². The molecule has 0 spiro atoms. The Kier molecular flexibility index (Phi) is 7.57. The topological polar surface area (TPSA) is 63.6 Å². The Labute approximate surface area is 242 Å². The second-order valence-corrected chi connectivity index (χ2v) is 11.7. The zero-order valence-corrected chi connectivity index (χ0v) is 24.1. The normalized spacial score (nSPS) is 19.9. The summed E-state index contributed by atoms with van der Waals surface area (Å²) in [5.41, 5.74) is 3.27. The van der Waals surface area contributed by atoms with Crippen LogP contribution in [0.25, 0.3) is 10.9 Å². The van der Waals surface area contributed by atoms with Gasteiger partial charge in [0.15, 0.2) is 5.54 Å². The number of aromatic nitrogens is 1. The smallest absolute Gasteiger partial charge is 0.272 e. The van der Waals surface area contributed by atoms with E-state index in [2.05, 4.69) is 35.0 Å². The van der Waals surface area contributed by atoms with E-state index in [0.29, 0.717) is 18.8 Å². The van der Waals surface area contributed by atoms with Gasteiger partial charge in [-0.3, -0.25) is 9.59 Å². The zero-order valence-electron chi connectivity index (χ0n) is 24.1. The number of methoxy groups -OCH3 is 1. The number of aryl methyl sites for hydroxylation is 1. The molecule has 2 aliphatic rings. The number of carbonyl (C=O) groups is 2. The van der Waals surface area contributed by atoms with Crippen LogP contribution in [0.2, 0.25) is 0 Å². The van der Waals surface area contributed by atoms with Gasteiger partial charge in [0.05, 0.1) is 13.7 Å². The average molecular weight is 550 g/mol. The SMILES string of the molecule is COc1ccc(CN2C(=O)c3cc4ccc(C)cc4n3C[C@]2(C(=O)NC2CCCCCCC2)c2ccccc2)cc1. The Morgan fingerprint density at radius 2 is 1.63 bits per heavy atom. The van der Waals surface area contributed by atoms with Crippen LogP contribution in [0, 0.1) is 6.92 Å². The fourth-order valence-corrected chi connectivity index (χ4v) is 6.65. The van der Waals surface area contributed by atoms with E-state index in [4.69, 9.17) is 4.74 Å². The quantitative estimate of drug-likeness (QED) is 0.290. The number of carbonyl (C=O) groups excluding carboxylic acids is 2. The van der Waals surface area contributed by atoms with Gasteiger partial charge >= 0.3 is 0 Å². The third-order valence-corrected chi connectivity index (χ3v) is 8.94. The van der Waals surface area contributed by atoms with Crippen LogP contribution in [-0.2, 0) is 23.4 Å². The number of ether oxygens (including phenoxy) is 1. The Morgan fingerprint density at radius 1 is 0.927 bits per heavy atom. The highest BCUT2D eigenvalue weighted by atomic mass is 16.5. The third-order valence-electron chi connectivity index (χ3n) is 8.94.